The van der Waals surface area contributed by atoms with E-state index in [0.29, 0.717) is 5.56 Å². The summed E-state index contributed by atoms with van der Waals surface area (Å²) in [5, 5.41) is 0. The second-order valence-corrected chi connectivity index (χ2v) is 6.09. The Morgan fingerprint density at radius 2 is 1.30 bits per heavy atom. The van der Waals surface area contributed by atoms with Gasteiger partial charge in [0.2, 0.25) is 11.5 Å². The van der Waals surface area contributed by atoms with E-state index >= 15 is 0 Å². The van der Waals surface area contributed by atoms with Crippen LogP contribution >= 0.6 is 0 Å². The maximum atomic E-state index is 12.9. The van der Waals surface area contributed by atoms with Crippen molar-refractivity contribution in [3.05, 3.63) is 108 Å². The van der Waals surface area contributed by atoms with Gasteiger partial charge in [-0.05, 0) is 36.4 Å². The van der Waals surface area contributed by atoms with Crippen LogP contribution in [-0.4, -0.2) is 17.7 Å². The van der Waals surface area contributed by atoms with E-state index in [1.54, 1.807) is 36.4 Å². The number of hydrogen-bond acceptors (Lipinski definition) is 7. The van der Waals surface area contributed by atoms with Crippen molar-refractivity contribution in [2.75, 3.05) is 0 Å². The lowest BCUT2D eigenvalue weighted by molar-refractivity contribution is 0.0697. The molecule has 0 unspecified atom stereocenters. The Balaban J connectivity index is 1.67. The van der Waals surface area contributed by atoms with Gasteiger partial charge in [0.25, 0.3) is 0 Å². The largest absolute Gasteiger partial charge is 0.457 e. The van der Waals surface area contributed by atoms with Gasteiger partial charge in [-0.15, -0.1) is 0 Å². The Hall–Kier alpha value is -4.39. The number of esters is 2. The zero-order chi connectivity index (χ0) is 20.9. The average Bonchev–Trinajstić information content (AvgIpc) is 3.48. The normalized spacial score (nSPS) is 10.4. The minimum absolute atomic E-state index is 0.00793. The van der Waals surface area contributed by atoms with Gasteiger partial charge in [-0.1, -0.05) is 30.3 Å². The van der Waals surface area contributed by atoms with Gasteiger partial charge < -0.3 is 18.3 Å². The van der Waals surface area contributed by atoms with Crippen molar-refractivity contribution in [2.24, 2.45) is 0 Å². The van der Waals surface area contributed by atoms with Crippen molar-refractivity contribution < 1.29 is 32.7 Å². The minimum Gasteiger partial charge on any atom is -0.457 e. The van der Waals surface area contributed by atoms with E-state index in [-0.39, 0.29) is 34.4 Å². The number of hydrogen-bond donors (Lipinski definition) is 0. The molecule has 2 heterocycles. The van der Waals surface area contributed by atoms with E-state index in [9.17, 15) is 14.4 Å². The summed E-state index contributed by atoms with van der Waals surface area (Å²) in [4.78, 5) is 37.4. The molecule has 0 amide bonds. The highest BCUT2D eigenvalue weighted by atomic mass is 16.6. The molecule has 7 heteroatoms. The second-order valence-electron chi connectivity index (χ2n) is 6.09. The van der Waals surface area contributed by atoms with Crippen LogP contribution in [0.25, 0.3) is 0 Å². The highest BCUT2D eigenvalue weighted by Crippen LogP contribution is 2.29. The van der Waals surface area contributed by atoms with Crippen LogP contribution in [0, 0.1) is 0 Å². The van der Waals surface area contributed by atoms with Crippen LogP contribution in [0.2, 0.25) is 0 Å². The van der Waals surface area contributed by atoms with Gasteiger partial charge in [0.15, 0.2) is 5.78 Å². The van der Waals surface area contributed by atoms with Crippen molar-refractivity contribution in [2.45, 2.75) is 0 Å². The average molecular weight is 402 g/mol. The van der Waals surface area contributed by atoms with Gasteiger partial charge in [-0.25, -0.2) is 9.59 Å². The third-order valence-corrected chi connectivity index (χ3v) is 4.09. The molecule has 0 aliphatic carbocycles. The quantitative estimate of drug-likeness (QED) is 0.265. The summed E-state index contributed by atoms with van der Waals surface area (Å²) in [6.07, 6.45) is 2.67. The molecule has 4 rings (SSSR count). The monoisotopic (exact) mass is 402 g/mol. The summed E-state index contributed by atoms with van der Waals surface area (Å²) in [6, 6.07) is 18.6. The lowest BCUT2D eigenvalue weighted by Gasteiger charge is -2.11. The summed E-state index contributed by atoms with van der Waals surface area (Å²) in [7, 11) is 0. The number of ketones is 1. The van der Waals surface area contributed by atoms with Crippen molar-refractivity contribution in [3.8, 4) is 11.5 Å². The molecule has 2 aromatic heterocycles. The molecule has 0 fully saturated rings. The topological polar surface area (TPSA) is 96.0 Å². The fraction of sp³-hybridized carbons (Fsp3) is 0. The van der Waals surface area contributed by atoms with Gasteiger partial charge in [0.1, 0.15) is 11.5 Å². The molecule has 0 saturated carbocycles. The molecule has 0 atom stereocenters. The van der Waals surface area contributed by atoms with Crippen LogP contribution in [0.4, 0.5) is 0 Å². The summed E-state index contributed by atoms with van der Waals surface area (Å²) in [6.45, 7) is 0. The highest BCUT2D eigenvalue weighted by molar-refractivity contribution is 6.11. The smallest absolute Gasteiger partial charge is 0.379 e. The van der Waals surface area contributed by atoms with Crippen LogP contribution in [0.3, 0.4) is 0 Å². The molecule has 7 nitrogen and oxygen atoms in total. The minimum atomic E-state index is -0.795. The van der Waals surface area contributed by atoms with E-state index < -0.39 is 11.9 Å². The molecule has 4 aromatic rings. The highest BCUT2D eigenvalue weighted by Gasteiger charge is 2.21. The summed E-state index contributed by atoms with van der Waals surface area (Å²) >= 11 is 0. The first kappa shape index (κ1) is 18.9. The lowest BCUT2D eigenvalue weighted by atomic mass is 10.0. The zero-order valence-corrected chi connectivity index (χ0v) is 15.4. The third kappa shape index (κ3) is 4.05. The van der Waals surface area contributed by atoms with Gasteiger partial charge in [-0.2, -0.15) is 0 Å². The van der Waals surface area contributed by atoms with Crippen molar-refractivity contribution in [1.82, 2.24) is 0 Å². The standard InChI is InChI=1S/C23H14O7/c24-21(15-6-2-1-3-7-15)17-11-10-16(29-22(25)18-8-4-12-27-18)14-20(17)30-23(26)19-9-5-13-28-19/h1-14H. The molecule has 0 spiro atoms. The fourth-order valence-electron chi connectivity index (χ4n) is 2.68. The fourth-order valence-corrected chi connectivity index (χ4v) is 2.68. The summed E-state index contributed by atoms with van der Waals surface area (Å²) in [5.41, 5.74) is 0.534. The van der Waals surface area contributed by atoms with Crippen LogP contribution < -0.4 is 9.47 Å². The van der Waals surface area contributed by atoms with E-state index in [1.807, 2.05) is 0 Å². The number of carbonyl (C=O) groups excluding carboxylic acids is 3. The maximum absolute atomic E-state index is 12.9. The van der Waals surface area contributed by atoms with Crippen LogP contribution in [0.1, 0.15) is 37.0 Å². The van der Waals surface area contributed by atoms with Crippen LogP contribution in [-0.2, 0) is 0 Å². The van der Waals surface area contributed by atoms with Crippen molar-refractivity contribution in [1.29, 1.82) is 0 Å². The number of carbonyl (C=O) groups is 3. The molecule has 0 saturated heterocycles. The van der Waals surface area contributed by atoms with Crippen molar-refractivity contribution >= 4 is 17.7 Å². The molecule has 148 valence electrons. The predicted molar refractivity (Wildman–Crippen MR) is 104 cm³/mol. The molecular weight excluding hydrogens is 388 g/mol. The van der Waals surface area contributed by atoms with Gasteiger partial charge in [-0.3, -0.25) is 4.79 Å². The molecule has 30 heavy (non-hydrogen) atoms. The Morgan fingerprint density at radius 3 is 1.90 bits per heavy atom. The molecule has 0 bridgehead atoms. The van der Waals surface area contributed by atoms with Crippen molar-refractivity contribution in [3.63, 3.8) is 0 Å². The van der Waals surface area contributed by atoms with Crippen LogP contribution in [0.5, 0.6) is 11.5 Å². The predicted octanol–water partition coefficient (Wildman–Crippen LogP) is 4.54. The van der Waals surface area contributed by atoms with E-state index in [1.165, 1.54) is 48.9 Å². The first-order valence-electron chi connectivity index (χ1n) is 8.87. The first-order valence-corrected chi connectivity index (χ1v) is 8.87. The number of ether oxygens (including phenoxy) is 2. The van der Waals surface area contributed by atoms with E-state index in [4.69, 9.17) is 18.3 Å². The SMILES string of the molecule is O=C(Oc1ccc(C(=O)c2ccccc2)c(OC(=O)c2ccco2)c1)c1ccco1. The number of furan rings is 2. The molecule has 0 N–H and O–H groups in total. The van der Waals surface area contributed by atoms with Gasteiger partial charge in [0, 0.05) is 11.6 Å². The molecule has 0 aliphatic heterocycles. The van der Waals surface area contributed by atoms with Crippen LogP contribution in [0.15, 0.2) is 94.2 Å². The Kier molecular flexibility index (Phi) is 5.25. The second kappa shape index (κ2) is 8.32. The number of benzene rings is 2. The first-order chi connectivity index (χ1) is 14.6. The molecule has 0 radical (unpaired) electrons. The zero-order valence-electron chi connectivity index (χ0n) is 15.4. The Morgan fingerprint density at radius 1 is 0.667 bits per heavy atom. The van der Waals surface area contributed by atoms with Gasteiger partial charge in [0.05, 0.1) is 18.1 Å². The summed E-state index contributed by atoms with van der Waals surface area (Å²) < 4.78 is 20.7. The molecular formula is C23H14O7. The summed E-state index contributed by atoms with van der Waals surface area (Å²) in [5.74, 6) is -1.92. The third-order valence-electron chi connectivity index (χ3n) is 4.09. The molecule has 2 aromatic carbocycles. The molecule has 0 aliphatic rings. The Bertz CT molecular complexity index is 1170. The lowest BCUT2D eigenvalue weighted by Crippen LogP contribution is -2.13. The maximum Gasteiger partial charge on any atom is 0.379 e. The van der Waals surface area contributed by atoms with Gasteiger partial charge >= 0.3 is 11.9 Å². The number of rotatable bonds is 6. The van der Waals surface area contributed by atoms with E-state index in [2.05, 4.69) is 0 Å². The van der Waals surface area contributed by atoms with E-state index in [0.717, 1.165) is 0 Å². The Labute approximate surface area is 170 Å².